The van der Waals surface area contributed by atoms with Gasteiger partial charge in [-0.3, -0.25) is 16.0 Å². The summed E-state index contributed by atoms with van der Waals surface area (Å²) in [6, 6.07) is 2.28. The van der Waals surface area contributed by atoms with Gasteiger partial charge in [-0.25, -0.2) is 0 Å². The molecule has 1 saturated heterocycles. The summed E-state index contributed by atoms with van der Waals surface area (Å²) in [4.78, 5) is 0. The van der Waals surface area contributed by atoms with Gasteiger partial charge in [0.05, 0.1) is 24.4 Å². The zero-order valence-electron chi connectivity index (χ0n) is 11.1. The van der Waals surface area contributed by atoms with Crippen LogP contribution in [-0.2, 0) is 17.7 Å². The molecule has 6 heteroatoms. The van der Waals surface area contributed by atoms with Crippen LogP contribution in [0.2, 0.25) is 0 Å². The minimum atomic E-state index is 0.152. The van der Waals surface area contributed by atoms with E-state index >= 15 is 0 Å². The van der Waals surface area contributed by atoms with Gasteiger partial charge in [0, 0.05) is 30.2 Å². The van der Waals surface area contributed by atoms with Gasteiger partial charge < -0.3 is 4.74 Å². The first kappa shape index (κ1) is 13.9. The Labute approximate surface area is 112 Å². The zero-order chi connectivity index (χ0) is 13.0. The van der Waals surface area contributed by atoms with Crippen LogP contribution in [0.1, 0.15) is 18.3 Å². The second kappa shape index (κ2) is 6.56. The highest BCUT2D eigenvalue weighted by atomic mass is 32.2. The van der Waals surface area contributed by atoms with E-state index in [1.807, 2.05) is 23.4 Å². The van der Waals surface area contributed by atoms with Crippen molar-refractivity contribution in [2.24, 2.45) is 5.84 Å². The smallest absolute Gasteiger partial charge is 0.0835 e. The number of rotatable bonds is 5. The first-order valence-electron chi connectivity index (χ1n) is 6.43. The largest absolute Gasteiger partial charge is 0.375 e. The van der Waals surface area contributed by atoms with Crippen molar-refractivity contribution < 1.29 is 4.74 Å². The van der Waals surface area contributed by atoms with Crippen molar-refractivity contribution in [3.8, 4) is 0 Å². The third-order valence-corrected chi connectivity index (χ3v) is 4.24. The van der Waals surface area contributed by atoms with Crippen LogP contribution in [0.3, 0.4) is 0 Å². The SMILES string of the molecule is CCn1nc(C)cc1CC(NN)C1CSCCO1. The van der Waals surface area contributed by atoms with E-state index in [2.05, 4.69) is 23.5 Å². The van der Waals surface area contributed by atoms with Crippen molar-refractivity contribution in [2.45, 2.75) is 39.0 Å². The van der Waals surface area contributed by atoms with Crippen molar-refractivity contribution in [1.29, 1.82) is 0 Å². The molecule has 1 aliphatic heterocycles. The number of nitrogens with two attached hydrogens (primary N) is 1. The molecule has 0 radical (unpaired) electrons. The van der Waals surface area contributed by atoms with Crippen LogP contribution in [0, 0.1) is 6.92 Å². The van der Waals surface area contributed by atoms with Crippen LogP contribution < -0.4 is 11.3 Å². The molecular weight excluding hydrogens is 248 g/mol. The van der Waals surface area contributed by atoms with Crippen LogP contribution in [0.25, 0.3) is 0 Å². The fourth-order valence-corrected chi connectivity index (χ4v) is 3.24. The zero-order valence-corrected chi connectivity index (χ0v) is 11.9. The first-order chi connectivity index (χ1) is 8.74. The maximum Gasteiger partial charge on any atom is 0.0835 e. The van der Waals surface area contributed by atoms with Gasteiger partial charge in [0.2, 0.25) is 0 Å². The summed E-state index contributed by atoms with van der Waals surface area (Å²) >= 11 is 1.93. The molecule has 2 heterocycles. The molecule has 0 aromatic carbocycles. The van der Waals surface area contributed by atoms with E-state index in [1.54, 1.807) is 0 Å². The maximum atomic E-state index is 5.79. The highest BCUT2D eigenvalue weighted by molar-refractivity contribution is 7.99. The Morgan fingerprint density at radius 1 is 1.72 bits per heavy atom. The Bertz CT molecular complexity index is 376. The monoisotopic (exact) mass is 270 g/mol. The Hall–Kier alpha value is -0.560. The summed E-state index contributed by atoms with van der Waals surface area (Å²) in [6.07, 6.45) is 1.05. The molecule has 102 valence electrons. The molecule has 0 amide bonds. The standard InChI is InChI=1S/C12H22N4OS/c1-3-16-10(6-9(2)15-16)7-11(14-13)12-8-18-5-4-17-12/h6,11-12,14H,3-5,7-8,13H2,1-2H3. The lowest BCUT2D eigenvalue weighted by Crippen LogP contribution is -2.49. The summed E-state index contributed by atoms with van der Waals surface area (Å²) in [6.45, 7) is 5.83. The molecule has 2 unspecified atom stereocenters. The number of aryl methyl sites for hydroxylation is 2. The van der Waals surface area contributed by atoms with Crippen LogP contribution in [0.15, 0.2) is 6.07 Å². The van der Waals surface area contributed by atoms with Gasteiger partial charge in [-0.1, -0.05) is 0 Å². The number of aromatic nitrogens is 2. The van der Waals surface area contributed by atoms with E-state index in [-0.39, 0.29) is 12.1 Å². The third-order valence-electron chi connectivity index (χ3n) is 3.22. The fraction of sp³-hybridized carbons (Fsp3) is 0.750. The molecule has 0 spiro atoms. The molecule has 3 N–H and O–H groups in total. The summed E-state index contributed by atoms with van der Waals surface area (Å²) in [5.74, 6) is 7.77. The van der Waals surface area contributed by atoms with Crippen LogP contribution in [0.5, 0.6) is 0 Å². The van der Waals surface area contributed by atoms with Crippen LogP contribution >= 0.6 is 11.8 Å². The minimum absolute atomic E-state index is 0.152. The normalized spacial score (nSPS) is 22.1. The number of thioether (sulfide) groups is 1. The summed E-state index contributed by atoms with van der Waals surface area (Å²) < 4.78 is 7.83. The number of hydrazine groups is 1. The minimum Gasteiger partial charge on any atom is -0.375 e. The van der Waals surface area contributed by atoms with Gasteiger partial charge >= 0.3 is 0 Å². The van der Waals surface area contributed by atoms with Crippen molar-refractivity contribution in [2.75, 3.05) is 18.1 Å². The Balaban J connectivity index is 2.04. The predicted octanol–water partition coefficient (Wildman–Crippen LogP) is 0.718. The number of nitrogens with one attached hydrogen (secondary N) is 1. The quantitative estimate of drug-likeness (QED) is 0.609. The van der Waals surface area contributed by atoms with Crippen molar-refractivity contribution >= 4 is 11.8 Å². The van der Waals surface area contributed by atoms with E-state index in [1.165, 1.54) is 5.69 Å². The van der Waals surface area contributed by atoms with E-state index < -0.39 is 0 Å². The lowest BCUT2D eigenvalue weighted by atomic mass is 10.1. The van der Waals surface area contributed by atoms with Gasteiger partial charge in [-0.05, 0) is 19.9 Å². The molecule has 5 nitrogen and oxygen atoms in total. The Kier molecular flexibility index (Phi) is 5.05. The summed E-state index contributed by atoms with van der Waals surface area (Å²) in [5.41, 5.74) is 5.18. The van der Waals surface area contributed by atoms with Crippen molar-refractivity contribution in [1.82, 2.24) is 15.2 Å². The van der Waals surface area contributed by atoms with Gasteiger partial charge in [0.25, 0.3) is 0 Å². The highest BCUT2D eigenvalue weighted by Crippen LogP contribution is 2.18. The molecule has 0 saturated carbocycles. The van der Waals surface area contributed by atoms with E-state index in [4.69, 9.17) is 10.6 Å². The number of nitrogens with zero attached hydrogens (tertiary/aromatic N) is 2. The highest BCUT2D eigenvalue weighted by Gasteiger charge is 2.25. The molecule has 1 aromatic rings. The van der Waals surface area contributed by atoms with E-state index in [9.17, 15) is 0 Å². The lowest BCUT2D eigenvalue weighted by molar-refractivity contribution is 0.0467. The third kappa shape index (κ3) is 3.26. The maximum absolute atomic E-state index is 5.79. The molecular formula is C12H22N4OS. The molecule has 1 fully saturated rings. The molecule has 1 aromatic heterocycles. The van der Waals surface area contributed by atoms with Gasteiger partial charge in [0.15, 0.2) is 0 Å². The number of hydrogen-bond acceptors (Lipinski definition) is 5. The van der Waals surface area contributed by atoms with E-state index in [0.717, 1.165) is 36.8 Å². The first-order valence-corrected chi connectivity index (χ1v) is 7.59. The number of hydrogen-bond donors (Lipinski definition) is 2. The van der Waals surface area contributed by atoms with Crippen LogP contribution in [0.4, 0.5) is 0 Å². The second-order valence-electron chi connectivity index (χ2n) is 4.55. The fourth-order valence-electron chi connectivity index (χ4n) is 2.30. The summed E-state index contributed by atoms with van der Waals surface area (Å²) in [7, 11) is 0. The molecule has 2 atom stereocenters. The molecule has 0 aliphatic carbocycles. The Morgan fingerprint density at radius 3 is 3.17 bits per heavy atom. The molecule has 18 heavy (non-hydrogen) atoms. The lowest BCUT2D eigenvalue weighted by Gasteiger charge is -2.29. The van der Waals surface area contributed by atoms with E-state index in [0.29, 0.717) is 0 Å². The summed E-state index contributed by atoms with van der Waals surface area (Å²) in [5, 5.41) is 4.46. The predicted molar refractivity (Wildman–Crippen MR) is 74.5 cm³/mol. The molecule has 0 bridgehead atoms. The average molecular weight is 270 g/mol. The van der Waals surface area contributed by atoms with Crippen LogP contribution in [-0.4, -0.2) is 40.0 Å². The number of ether oxygens (including phenoxy) is 1. The van der Waals surface area contributed by atoms with Gasteiger partial charge in [-0.2, -0.15) is 16.9 Å². The van der Waals surface area contributed by atoms with Gasteiger partial charge in [-0.15, -0.1) is 0 Å². The topological polar surface area (TPSA) is 65.1 Å². The van der Waals surface area contributed by atoms with Crippen molar-refractivity contribution in [3.63, 3.8) is 0 Å². The van der Waals surface area contributed by atoms with Gasteiger partial charge in [0.1, 0.15) is 0 Å². The van der Waals surface area contributed by atoms with Crippen molar-refractivity contribution in [3.05, 3.63) is 17.5 Å². The Morgan fingerprint density at radius 2 is 2.56 bits per heavy atom. The molecule has 1 aliphatic rings. The average Bonchev–Trinajstić information content (AvgIpc) is 2.77. The second-order valence-corrected chi connectivity index (χ2v) is 5.70. The molecule has 2 rings (SSSR count).